The molecule has 0 unspecified atom stereocenters. The Labute approximate surface area is 157 Å². The van der Waals surface area contributed by atoms with Gasteiger partial charge >= 0.3 is 0 Å². The summed E-state index contributed by atoms with van der Waals surface area (Å²) in [5.74, 6) is -0.277. The molecule has 1 saturated heterocycles. The molecule has 0 bridgehead atoms. The number of thiazole rings is 1. The summed E-state index contributed by atoms with van der Waals surface area (Å²) >= 11 is 1.34. The molecule has 2 heterocycles. The molecule has 138 valence electrons. The summed E-state index contributed by atoms with van der Waals surface area (Å²) < 4.78 is 27.0. The molecule has 3 rings (SSSR count). The highest BCUT2D eigenvalue weighted by Gasteiger charge is 2.24. The van der Waals surface area contributed by atoms with E-state index < -0.39 is 10.0 Å². The maximum Gasteiger partial charge on any atom is 0.250 e. The van der Waals surface area contributed by atoms with Crippen molar-refractivity contribution in [1.29, 1.82) is 0 Å². The zero-order valence-electron chi connectivity index (χ0n) is 14.3. The van der Waals surface area contributed by atoms with Crippen LogP contribution in [0.1, 0.15) is 31.2 Å². The van der Waals surface area contributed by atoms with Crippen LogP contribution in [0.2, 0.25) is 0 Å². The van der Waals surface area contributed by atoms with E-state index in [-0.39, 0.29) is 5.91 Å². The summed E-state index contributed by atoms with van der Waals surface area (Å²) in [7, 11) is -3.44. The SMILES string of the molecule is O=C(C=Cc1ccc(S(=O)(=O)N2CCCCCC2)cc1)Nc1nccs1. The van der Waals surface area contributed by atoms with E-state index in [1.807, 2.05) is 0 Å². The Kier molecular flexibility index (Phi) is 6.18. The molecule has 0 spiro atoms. The van der Waals surface area contributed by atoms with Gasteiger partial charge in [0.2, 0.25) is 15.9 Å². The third kappa shape index (κ3) is 4.78. The van der Waals surface area contributed by atoms with Crippen LogP contribution in [0.25, 0.3) is 6.08 Å². The van der Waals surface area contributed by atoms with Crippen molar-refractivity contribution in [1.82, 2.24) is 9.29 Å². The second-order valence-electron chi connectivity index (χ2n) is 6.05. The van der Waals surface area contributed by atoms with Crippen molar-refractivity contribution in [2.24, 2.45) is 0 Å². The first-order chi connectivity index (χ1) is 12.6. The number of carbonyl (C=O) groups excluding carboxylic acids is 1. The largest absolute Gasteiger partial charge is 0.298 e. The molecular weight excluding hydrogens is 370 g/mol. The lowest BCUT2D eigenvalue weighted by Gasteiger charge is -2.19. The number of aromatic nitrogens is 1. The lowest BCUT2D eigenvalue weighted by molar-refractivity contribution is -0.111. The molecule has 1 fully saturated rings. The van der Waals surface area contributed by atoms with E-state index in [1.54, 1.807) is 46.2 Å². The smallest absolute Gasteiger partial charge is 0.250 e. The van der Waals surface area contributed by atoms with Crippen molar-refractivity contribution in [3.05, 3.63) is 47.5 Å². The predicted molar refractivity (Wildman–Crippen MR) is 103 cm³/mol. The van der Waals surface area contributed by atoms with Crippen LogP contribution < -0.4 is 5.32 Å². The molecule has 26 heavy (non-hydrogen) atoms. The Morgan fingerprint density at radius 3 is 2.42 bits per heavy atom. The van der Waals surface area contributed by atoms with Crippen molar-refractivity contribution < 1.29 is 13.2 Å². The van der Waals surface area contributed by atoms with Gasteiger partial charge in [0.1, 0.15) is 0 Å². The van der Waals surface area contributed by atoms with E-state index in [0.717, 1.165) is 31.2 Å². The van der Waals surface area contributed by atoms with Gasteiger partial charge in [-0.2, -0.15) is 4.31 Å². The average Bonchev–Trinajstić information content (AvgIpc) is 2.98. The topological polar surface area (TPSA) is 79.4 Å². The van der Waals surface area contributed by atoms with Gasteiger partial charge in [-0.25, -0.2) is 13.4 Å². The first kappa shape index (κ1) is 18.8. The van der Waals surface area contributed by atoms with E-state index >= 15 is 0 Å². The summed E-state index contributed by atoms with van der Waals surface area (Å²) in [6.45, 7) is 1.17. The molecular formula is C18H21N3O3S2. The molecule has 0 radical (unpaired) electrons. The zero-order valence-corrected chi connectivity index (χ0v) is 15.9. The maximum atomic E-state index is 12.7. The zero-order chi connectivity index (χ0) is 18.4. The number of amides is 1. The first-order valence-electron chi connectivity index (χ1n) is 8.54. The summed E-state index contributed by atoms with van der Waals surface area (Å²) in [4.78, 5) is 16.1. The molecule has 0 atom stereocenters. The molecule has 8 heteroatoms. The number of benzene rings is 1. The average molecular weight is 392 g/mol. The molecule has 0 aliphatic carbocycles. The van der Waals surface area contributed by atoms with Crippen LogP contribution in [-0.4, -0.2) is 36.7 Å². The second kappa shape index (κ2) is 8.57. The summed E-state index contributed by atoms with van der Waals surface area (Å²) in [5, 5.41) is 4.98. The number of nitrogens with zero attached hydrogens (tertiary/aromatic N) is 2. The molecule has 2 aromatic rings. The van der Waals surface area contributed by atoms with Crippen LogP contribution in [0.4, 0.5) is 5.13 Å². The fourth-order valence-electron chi connectivity index (χ4n) is 2.79. The van der Waals surface area contributed by atoms with Gasteiger partial charge in [-0.05, 0) is 36.6 Å². The Hall–Kier alpha value is -2.03. The van der Waals surface area contributed by atoms with E-state index in [1.165, 1.54) is 17.4 Å². The van der Waals surface area contributed by atoms with Gasteiger partial charge in [0.05, 0.1) is 4.90 Å². The van der Waals surface area contributed by atoms with Gasteiger partial charge in [-0.3, -0.25) is 10.1 Å². The minimum Gasteiger partial charge on any atom is -0.298 e. The quantitative estimate of drug-likeness (QED) is 0.793. The van der Waals surface area contributed by atoms with Crippen molar-refractivity contribution in [2.75, 3.05) is 18.4 Å². The van der Waals surface area contributed by atoms with Crippen molar-refractivity contribution in [3.63, 3.8) is 0 Å². The molecule has 1 amide bonds. The number of rotatable bonds is 5. The Balaban J connectivity index is 1.65. The van der Waals surface area contributed by atoms with Gasteiger partial charge in [0, 0.05) is 30.7 Å². The normalized spacial score (nSPS) is 16.5. The standard InChI is InChI=1S/C18H21N3O3S2/c22-17(20-18-19-11-14-25-18)10-7-15-5-8-16(9-6-15)26(23,24)21-12-3-1-2-4-13-21/h5-11,14H,1-4,12-13H2,(H,19,20,22). The monoisotopic (exact) mass is 391 g/mol. The molecule has 1 aliphatic heterocycles. The second-order valence-corrected chi connectivity index (χ2v) is 8.88. The van der Waals surface area contributed by atoms with Crippen LogP contribution in [0.15, 0.2) is 46.8 Å². The van der Waals surface area contributed by atoms with Crippen molar-refractivity contribution >= 4 is 38.5 Å². The maximum absolute atomic E-state index is 12.7. The molecule has 1 N–H and O–H groups in total. The Morgan fingerprint density at radius 1 is 1.12 bits per heavy atom. The van der Waals surface area contributed by atoms with Crippen LogP contribution in [0.5, 0.6) is 0 Å². The summed E-state index contributed by atoms with van der Waals surface area (Å²) in [6.07, 6.45) is 8.65. The number of anilines is 1. The Morgan fingerprint density at radius 2 is 1.81 bits per heavy atom. The number of hydrogen-bond donors (Lipinski definition) is 1. The van der Waals surface area contributed by atoms with Crippen LogP contribution in [0, 0.1) is 0 Å². The van der Waals surface area contributed by atoms with E-state index in [9.17, 15) is 13.2 Å². The molecule has 1 aromatic carbocycles. The first-order valence-corrected chi connectivity index (χ1v) is 10.9. The van der Waals surface area contributed by atoms with Crippen molar-refractivity contribution in [2.45, 2.75) is 30.6 Å². The van der Waals surface area contributed by atoms with Crippen LogP contribution >= 0.6 is 11.3 Å². The molecule has 1 aromatic heterocycles. The van der Waals surface area contributed by atoms with Gasteiger partial charge in [-0.1, -0.05) is 25.0 Å². The van der Waals surface area contributed by atoms with Crippen LogP contribution in [-0.2, 0) is 14.8 Å². The predicted octanol–water partition coefficient (Wildman–Crippen LogP) is 3.36. The van der Waals surface area contributed by atoms with E-state index in [2.05, 4.69) is 10.3 Å². The highest BCUT2D eigenvalue weighted by Crippen LogP contribution is 2.21. The molecule has 1 aliphatic rings. The number of sulfonamides is 1. The van der Waals surface area contributed by atoms with E-state index in [4.69, 9.17) is 0 Å². The number of carbonyl (C=O) groups is 1. The highest BCUT2D eigenvalue weighted by molar-refractivity contribution is 7.89. The van der Waals surface area contributed by atoms with Gasteiger partial charge in [0.15, 0.2) is 5.13 Å². The van der Waals surface area contributed by atoms with Gasteiger partial charge < -0.3 is 0 Å². The lowest BCUT2D eigenvalue weighted by Crippen LogP contribution is -2.31. The van der Waals surface area contributed by atoms with Crippen LogP contribution in [0.3, 0.4) is 0 Å². The number of nitrogens with one attached hydrogen (secondary N) is 1. The fraction of sp³-hybridized carbons (Fsp3) is 0.333. The minimum atomic E-state index is -3.44. The lowest BCUT2D eigenvalue weighted by atomic mass is 10.2. The van der Waals surface area contributed by atoms with E-state index in [0.29, 0.717) is 23.1 Å². The fourth-order valence-corrected chi connectivity index (χ4v) is 4.84. The van der Waals surface area contributed by atoms with Crippen molar-refractivity contribution in [3.8, 4) is 0 Å². The molecule has 6 nitrogen and oxygen atoms in total. The minimum absolute atomic E-state index is 0.277. The Bertz CT molecular complexity index is 852. The highest BCUT2D eigenvalue weighted by atomic mass is 32.2. The molecule has 0 saturated carbocycles. The number of hydrogen-bond acceptors (Lipinski definition) is 5. The third-order valence-electron chi connectivity index (χ3n) is 4.17. The summed E-state index contributed by atoms with van der Waals surface area (Å²) in [6, 6.07) is 6.60. The van der Waals surface area contributed by atoms with Gasteiger partial charge in [-0.15, -0.1) is 11.3 Å². The summed E-state index contributed by atoms with van der Waals surface area (Å²) in [5.41, 5.74) is 0.758. The van der Waals surface area contributed by atoms with Gasteiger partial charge in [0.25, 0.3) is 0 Å². The third-order valence-corrected chi connectivity index (χ3v) is 6.77.